The van der Waals surface area contributed by atoms with Gasteiger partial charge in [0.05, 0.1) is 16.6 Å². The van der Waals surface area contributed by atoms with E-state index in [0.29, 0.717) is 10.7 Å². The molecule has 0 aliphatic carbocycles. The third-order valence-corrected chi connectivity index (χ3v) is 3.72. The fourth-order valence-corrected chi connectivity index (χ4v) is 2.50. The molecular weight excluding hydrogens is 250 g/mol. The molecule has 1 saturated heterocycles. The lowest BCUT2D eigenvalue weighted by atomic mass is 9.97. The molecule has 1 aromatic rings. The number of rotatable bonds is 3. The number of primary amides is 1. The number of hydrogen-bond donors (Lipinski definition) is 2. The number of amides is 1. The van der Waals surface area contributed by atoms with Crippen molar-refractivity contribution in [3.63, 3.8) is 0 Å². The normalized spacial score (nSPS) is 20.8. The largest absolute Gasteiger partial charge is 0.398 e. The van der Waals surface area contributed by atoms with E-state index < -0.39 is 0 Å². The van der Waals surface area contributed by atoms with Gasteiger partial charge in [-0.3, -0.25) is 9.69 Å². The highest BCUT2D eigenvalue weighted by Gasteiger charge is 2.23. The molecule has 1 aliphatic heterocycles. The molecule has 0 saturated carbocycles. The molecule has 1 unspecified atom stereocenters. The number of likely N-dealkylation sites (tertiary alicyclic amines) is 1. The average Bonchev–Trinajstić information content (AvgIpc) is 2.34. The minimum absolute atomic E-state index is 0.0246. The summed E-state index contributed by atoms with van der Waals surface area (Å²) in [6, 6.07) is 5.66. The molecule has 1 atom stereocenters. The second-order valence-electron chi connectivity index (χ2n) is 4.83. The van der Waals surface area contributed by atoms with Crippen LogP contribution >= 0.6 is 11.6 Å². The number of nitrogens with zero attached hydrogens (tertiary/aromatic N) is 1. The lowest BCUT2D eigenvalue weighted by molar-refractivity contribution is -0.123. The monoisotopic (exact) mass is 267 g/mol. The Labute approximate surface area is 112 Å². The minimum atomic E-state index is -0.199. The number of anilines is 1. The SMILES string of the molecule is NC(=O)C1CCCN(Cc2ccc(Cl)c(N)c2)C1. The lowest BCUT2D eigenvalue weighted by Crippen LogP contribution is -2.40. The second kappa shape index (κ2) is 5.59. The maximum atomic E-state index is 11.2. The molecule has 4 N–H and O–H groups in total. The maximum absolute atomic E-state index is 11.2. The van der Waals surface area contributed by atoms with E-state index in [2.05, 4.69) is 4.90 Å². The summed E-state index contributed by atoms with van der Waals surface area (Å²) in [6.45, 7) is 2.51. The van der Waals surface area contributed by atoms with E-state index in [0.717, 1.165) is 38.0 Å². The topological polar surface area (TPSA) is 72.4 Å². The van der Waals surface area contributed by atoms with E-state index in [4.69, 9.17) is 23.1 Å². The zero-order valence-corrected chi connectivity index (χ0v) is 11.0. The van der Waals surface area contributed by atoms with E-state index in [1.807, 2.05) is 18.2 Å². The molecular formula is C13H18ClN3O. The standard InChI is InChI=1S/C13H18ClN3O/c14-11-4-3-9(6-12(11)15)7-17-5-1-2-10(8-17)13(16)18/h3-4,6,10H,1-2,5,7-8,15H2,(H2,16,18). The second-order valence-corrected chi connectivity index (χ2v) is 5.24. The van der Waals surface area contributed by atoms with Gasteiger partial charge in [-0.1, -0.05) is 17.7 Å². The number of benzene rings is 1. The number of nitrogen functional groups attached to an aromatic ring is 1. The van der Waals surface area contributed by atoms with Gasteiger partial charge in [-0.25, -0.2) is 0 Å². The molecule has 1 amide bonds. The number of nitrogens with two attached hydrogens (primary N) is 2. The highest BCUT2D eigenvalue weighted by Crippen LogP contribution is 2.22. The summed E-state index contributed by atoms with van der Waals surface area (Å²) >= 11 is 5.89. The van der Waals surface area contributed by atoms with Crippen molar-refractivity contribution >= 4 is 23.2 Å². The predicted molar refractivity (Wildman–Crippen MR) is 73.1 cm³/mol. The first-order valence-corrected chi connectivity index (χ1v) is 6.49. The van der Waals surface area contributed by atoms with Crippen LogP contribution in [-0.4, -0.2) is 23.9 Å². The van der Waals surface area contributed by atoms with Crippen LogP contribution in [0.25, 0.3) is 0 Å². The van der Waals surface area contributed by atoms with Crippen LogP contribution in [0.2, 0.25) is 5.02 Å². The van der Waals surface area contributed by atoms with E-state index in [1.165, 1.54) is 0 Å². The molecule has 1 aromatic carbocycles. The molecule has 0 spiro atoms. The molecule has 98 valence electrons. The van der Waals surface area contributed by atoms with Crippen molar-refractivity contribution in [1.29, 1.82) is 0 Å². The molecule has 2 rings (SSSR count). The number of halogens is 1. The van der Waals surface area contributed by atoms with Gasteiger partial charge in [0.25, 0.3) is 0 Å². The summed E-state index contributed by atoms with van der Waals surface area (Å²) in [7, 11) is 0. The summed E-state index contributed by atoms with van der Waals surface area (Å²) < 4.78 is 0. The Kier molecular flexibility index (Phi) is 4.09. The van der Waals surface area contributed by atoms with Gasteiger partial charge in [-0.2, -0.15) is 0 Å². The van der Waals surface area contributed by atoms with Gasteiger partial charge in [0, 0.05) is 13.1 Å². The molecule has 1 fully saturated rings. The average molecular weight is 268 g/mol. The highest BCUT2D eigenvalue weighted by molar-refractivity contribution is 6.33. The van der Waals surface area contributed by atoms with E-state index in [1.54, 1.807) is 0 Å². The molecule has 5 heteroatoms. The zero-order valence-electron chi connectivity index (χ0n) is 10.2. The molecule has 0 bridgehead atoms. The van der Waals surface area contributed by atoms with Crippen molar-refractivity contribution < 1.29 is 4.79 Å². The molecule has 1 heterocycles. The first-order chi connectivity index (χ1) is 8.56. The third-order valence-electron chi connectivity index (χ3n) is 3.37. The summed E-state index contributed by atoms with van der Waals surface area (Å²) in [4.78, 5) is 13.4. The summed E-state index contributed by atoms with van der Waals surface area (Å²) in [5.74, 6) is -0.223. The van der Waals surface area contributed by atoms with Crippen LogP contribution in [0.4, 0.5) is 5.69 Å². The van der Waals surface area contributed by atoms with Crippen molar-refractivity contribution in [2.24, 2.45) is 11.7 Å². The van der Waals surface area contributed by atoms with Crippen LogP contribution in [0.1, 0.15) is 18.4 Å². The van der Waals surface area contributed by atoms with Crippen molar-refractivity contribution in [3.05, 3.63) is 28.8 Å². The first-order valence-electron chi connectivity index (χ1n) is 6.12. The number of carbonyl (C=O) groups excluding carboxylic acids is 1. The molecule has 0 radical (unpaired) electrons. The maximum Gasteiger partial charge on any atom is 0.221 e. The Morgan fingerprint density at radius 3 is 2.94 bits per heavy atom. The van der Waals surface area contributed by atoms with E-state index in [9.17, 15) is 4.79 Å². The number of carbonyl (C=O) groups is 1. The van der Waals surface area contributed by atoms with Gasteiger partial charge >= 0.3 is 0 Å². The fraction of sp³-hybridized carbons (Fsp3) is 0.462. The Hall–Kier alpha value is -1.26. The Morgan fingerprint density at radius 1 is 1.50 bits per heavy atom. The smallest absolute Gasteiger partial charge is 0.221 e. The third kappa shape index (κ3) is 3.15. The van der Waals surface area contributed by atoms with Crippen molar-refractivity contribution in [2.75, 3.05) is 18.8 Å². The highest BCUT2D eigenvalue weighted by atomic mass is 35.5. The van der Waals surface area contributed by atoms with Crippen molar-refractivity contribution in [2.45, 2.75) is 19.4 Å². The number of hydrogen-bond acceptors (Lipinski definition) is 3. The van der Waals surface area contributed by atoms with Gasteiger partial charge in [-0.15, -0.1) is 0 Å². The van der Waals surface area contributed by atoms with Gasteiger partial charge in [0.15, 0.2) is 0 Å². The van der Waals surface area contributed by atoms with Crippen molar-refractivity contribution in [1.82, 2.24) is 4.90 Å². The molecule has 4 nitrogen and oxygen atoms in total. The van der Waals surface area contributed by atoms with Crippen LogP contribution < -0.4 is 11.5 Å². The predicted octanol–water partition coefficient (Wildman–Crippen LogP) is 1.62. The van der Waals surface area contributed by atoms with Crippen molar-refractivity contribution in [3.8, 4) is 0 Å². The molecule has 1 aliphatic rings. The molecule has 0 aromatic heterocycles. The van der Waals surface area contributed by atoms with Gasteiger partial charge in [0.1, 0.15) is 0 Å². The summed E-state index contributed by atoms with van der Waals surface area (Å²) in [5.41, 5.74) is 12.8. The Bertz CT molecular complexity index is 450. The van der Waals surface area contributed by atoms with Gasteiger partial charge in [-0.05, 0) is 37.1 Å². The summed E-state index contributed by atoms with van der Waals surface area (Å²) in [6.07, 6.45) is 1.91. The number of piperidine rings is 1. The lowest BCUT2D eigenvalue weighted by Gasteiger charge is -2.31. The fourth-order valence-electron chi connectivity index (χ4n) is 2.38. The van der Waals surface area contributed by atoms with Crippen LogP contribution in [0.15, 0.2) is 18.2 Å². The van der Waals surface area contributed by atoms with Crippen LogP contribution in [0.5, 0.6) is 0 Å². The summed E-state index contributed by atoms with van der Waals surface area (Å²) in [5, 5.41) is 0.576. The Morgan fingerprint density at radius 2 is 2.28 bits per heavy atom. The van der Waals surface area contributed by atoms with Crippen LogP contribution in [0.3, 0.4) is 0 Å². The van der Waals surface area contributed by atoms with Gasteiger partial charge < -0.3 is 11.5 Å². The van der Waals surface area contributed by atoms with E-state index in [-0.39, 0.29) is 11.8 Å². The van der Waals surface area contributed by atoms with Crippen LogP contribution in [0, 0.1) is 5.92 Å². The van der Waals surface area contributed by atoms with Gasteiger partial charge in [0.2, 0.25) is 5.91 Å². The quantitative estimate of drug-likeness (QED) is 0.818. The molecule has 18 heavy (non-hydrogen) atoms. The minimum Gasteiger partial charge on any atom is -0.398 e. The van der Waals surface area contributed by atoms with Crippen LogP contribution in [-0.2, 0) is 11.3 Å². The van der Waals surface area contributed by atoms with E-state index >= 15 is 0 Å². The first kappa shape index (κ1) is 13.2. The Balaban J connectivity index is 2.00. The zero-order chi connectivity index (χ0) is 13.1.